The van der Waals surface area contributed by atoms with Crippen molar-refractivity contribution in [1.82, 2.24) is 8.54 Å². The summed E-state index contributed by atoms with van der Waals surface area (Å²) in [5.41, 5.74) is 0.766. The monoisotopic (exact) mass is 424 g/mol. The van der Waals surface area contributed by atoms with Gasteiger partial charge in [0.15, 0.2) is 0 Å². The van der Waals surface area contributed by atoms with Crippen molar-refractivity contribution in [1.29, 1.82) is 0 Å². The van der Waals surface area contributed by atoms with E-state index in [-0.39, 0.29) is 5.56 Å². The molecule has 0 saturated carbocycles. The van der Waals surface area contributed by atoms with Gasteiger partial charge in [0, 0.05) is 59.1 Å². The molecule has 6 heteroatoms. The number of pyridine rings is 1. The third-order valence-electron chi connectivity index (χ3n) is 2.49. The van der Waals surface area contributed by atoms with Crippen molar-refractivity contribution in [3.8, 4) is 0 Å². The molecule has 0 spiro atoms. The van der Waals surface area contributed by atoms with Crippen LogP contribution >= 0.6 is 46.3 Å². The van der Waals surface area contributed by atoms with Crippen LogP contribution in [0.2, 0.25) is 0 Å². The summed E-state index contributed by atoms with van der Waals surface area (Å²) in [4.78, 5) is 12.3. The highest BCUT2D eigenvalue weighted by atomic mass is 127. The van der Waals surface area contributed by atoms with Crippen molar-refractivity contribution in [2.24, 2.45) is 0 Å². The summed E-state index contributed by atoms with van der Waals surface area (Å²) >= 11 is 5.67. The maximum atomic E-state index is 12.3. The summed E-state index contributed by atoms with van der Waals surface area (Å²) in [6, 6.07) is 1.95. The Hall–Kier alpha value is -0.210. The summed E-state index contributed by atoms with van der Waals surface area (Å²) in [5, 5.41) is 0.953. The van der Waals surface area contributed by atoms with Gasteiger partial charge in [0.2, 0.25) is 0 Å². The number of aryl methyl sites for hydroxylation is 1. The van der Waals surface area contributed by atoms with Crippen LogP contribution < -0.4 is 5.56 Å². The van der Waals surface area contributed by atoms with Gasteiger partial charge >= 0.3 is 0 Å². The molecule has 0 bridgehead atoms. The summed E-state index contributed by atoms with van der Waals surface area (Å²) in [6.45, 7) is 4.34. The van der Waals surface area contributed by atoms with E-state index in [1.165, 1.54) is 9.12 Å². The van der Waals surface area contributed by atoms with Gasteiger partial charge < -0.3 is 4.57 Å². The molecule has 0 aliphatic heterocycles. The Morgan fingerprint density at radius 2 is 2.35 bits per heavy atom. The Morgan fingerprint density at radius 3 is 3.00 bits per heavy atom. The predicted molar refractivity (Wildman–Crippen MR) is 85.7 cm³/mol. The summed E-state index contributed by atoms with van der Waals surface area (Å²) in [6.07, 6.45) is 6.36. The number of hydrogen-bond donors (Lipinski definition) is 0. The number of aromatic nitrogens is 2. The van der Waals surface area contributed by atoms with Crippen molar-refractivity contribution in [3.63, 3.8) is 0 Å². The van der Waals surface area contributed by atoms with Gasteiger partial charge in [-0.2, -0.15) is 0 Å². The molecule has 2 rings (SSSR count). The normalized spacial score (nSPS) is 10.9. The number of fused-ring (bicyclic) bond motifs is 1. The molecule has 2 aromatic heterocycles. The van der Waals surface area contributed by atoms with Gasteiger partial charge in [0.1, 0.15) is 5.52 Å². The van der Waals surface area contributed by atoms with Gasteiger partial charge in [-0.15, -0.1) is 6.58 Å². The molecule has 0 amide bonds. The molecule has 17 heavy (non-hydrogen) atoms. The van der Waals surface area contributed by atoms with Gasteiger partial charge in [-0.05, 0) is 28.4 Å². The van der Waals surface area contributed by atoms with Gasteiger partial charge in [0.05, 0.1) is 0 Å². The highest BCUT2D eigenvalue weighted by molar-refractivity contribution is 14.2. The van der Waals surface area contributed by atoms with Crippen molar-refractivity contribution in [2.75, 3.05) is 0 Å². The highest BCUT2D eigenvalue weighted by Crippen LogP contribution is 2.27. The van der Waals surface area contributed by atoms with Crippen LogP contribution in [0.1, 0.15) is 6.42 Å². The van der Waals surface area contributed by atoms with Crippen LogP contribution in [0.15, 0.2) is 40.4 Å². The fourth-order valence-electron chi connectivity index (χ4n) is 1.67. The lowest BCUT2D eigenvalue weighted by Gasteiger charge is -2.07. The molecule has 0 aliphatic rings. The maximum Gasteiger partial charge on any atom is 0.276 e. The van der Waals surface area contributed by atoms with E-state index in [1.807, 2.05) is 28.5 Å². The number of hydrogen-bond acceptors (Lipinski definition) is 2. The van der Waals surface area contributed by atoms with Crippen LogP contribution in [-0.2, 0) is 6.54 Å². The predicted octanol–water partition coefficient (Wildman–Crippen LogP) is 3.99. The fourth-order valence-corrected chi connectivity index (χ4v) is 3.58. The van der Waals surface area contributed by atoms with E-state index >= 15 is 0 Å². The smallest absolute Gasteiger partial charge is 0.276 e. The molecule has 90 valence electrons. The molecule has 2 aromatic rings. The zero-order valence-corrected chi connectivity index (χ0v) is 13.5. The molecular formula is C11H10BrIN2OS. The Morgan fingerprint density at radius 1 is 1.59 bits per heavy atom. The molecule has 0 fully saturated rings. The Balaban J connectivity index is 2.68. The van der Waals surface area contributed by atoms with E-state index in [2.05, 4.69) is 43.7 Å². The van der Waals surface area contributed by atoms with E-state index in [0.717, 1.165) is 21.8 Å². The van der Waals surface area contributed by atoms with Crippen molar-refractivity contribution in [3.05, 3.63) is 45.9 Å². The van der Waals surface area contributed by atoms with Crippen molar-refractivity contribution in [2.45, 2.75) is 13.0 Å². The zero-order chi connectivity index (χ0) is 12.4. The molecule has 0 aliphatic carbocycles. The molecular weight excluding hydrogens is 415 g/mol. The lowest BCUT2D eigenvalue weighted by atomic mass is 10.3. The van der Waals surface area contributed by atoms with Crippen molar-refractivity contribution < 1.29 is 0 Å². The minimum Gasteiger partial charge on any atom is -0.312 e. The average molecular weight is 425 g/mol. The number of halogens is 2. The fraction of sp³-hybridized carbons (Fsp3) is 0.182. The first-order valence-corrected chi connectivity index (χ1v) is 9.10. The van der Waals surface area contributed by atoms with Crippen LogP contribution in [-0.4, -0.2) is 8.54 Å². The molecule has 0 radical (unpaired) electrons. The summed E-state index contributed by atoms with van der Waals surface area (Å²) in [5.74, 6) is 0. The Kier molecular flexibility index (Phi) is 4.37. The number of allylic oxidation sites excluding steroid dienone is 1. The highest BCUT2D eigenvalue weighted by Gasteiger charge is 2.11. The molecule has 2 heterocycles. The first kappa shape index (κ1) is 13.2. The molecule has 3 nitrogen and oxygen atoms in total. The maximum absolute atomic E-state index is 12.3. The first-order valence-electron chi connectivity index (χ1n) is 4.99. The second kappa shape index (κ2) is 5.62. The summed E-state index contributed by atoms with van der Waals surface area (Å²) < 4.78 is 4.55. The van der Waals surface area contributed by atoms with Crippen LogP contribution in [0.5, 0.6) is 0 Å². The van der Waals surface area contributed by atoms with Crippen LogP contribution in [0.3, 0.4) is 0 Å². The Bertz CT molecular complexity index is 620. The third kappa shape index (κ3) is 2.48. The van der Waals surface area contributed by atoms with Crippen LogP contribution in [0, 0.1) is 0 Å². The van der Waals surface area contributed by atoms with Gasteiger partial charge in [-0.25, -0.2) is 0 Å². The van der Waals surface area contributed by atoms with Crippen LogP contribution in [0.4, 0.5) is 0 Å². The zero-order valence-electron chi connectivity index (χ0n) is 8.90. The molecule has 0 saturated heterocycles. The standard InChI is InChI=1S/C11H10BrIN2OS/c1-2-3-5-14-7-9(12)8-4-6-15(17-13)10(8)11(14)16/h2,4,6-7H,1,3,5H2. The summed E-state index contributed by atoms with van der Waals surface area (Å²) in [7, 11) is 1.49. The number of rotatable bonds is 4. The third-order valence-corrected chi connectivity index (χ3v) is 4.85. The second-order valence-corrected chi connectivity index (χ2v) is 6.09. The minimum atomic E-state index is 0.0409. The van der Waals surface area contributed by atoms with Gasteiger partial charge in [-0.3, -0.25) is 8.77 Å². The molecule has 0 N–H and O–H groups in total. The van der Waals surface area contributed by atoms with E-state index in [9.17, 15) is 4.79 Å². The molecule has 0 atom stereocenters. The lowest BCUT2D eigenvalue weighted by Crippen LogP contribution is -2.20. The van der Waals surface area contributed by atoms with E-state index in [4.69, 9.17) is 0 Å². The van der Waals surface area contributed by atoms with Crippen LogP contribution in [0.25, 0.3) is 10.9 Å². The first-order chi connectivity index (χ1) is 8.19. The largest absolute Gasteiger partial charge is 0.312 e. The quantitative estimate of drug-likeness (QED) is 0.548. The Labute approximate surface area is 124 Å². The number of nitrogens with zero attached hydrogens (tertiary/aromatic N) is 2. The topological polar surface area (TPSA) is 26.9 Å². The van der Waals surface area contributed by atoms with E-state index < -0.39 is 0 Å². The SMILES string of the molecule is C=CCCn1cc(Br)c2ccn(SI)c2c1=O. The van der Waals surface area contributed by atoms with Gasteiger partial charge in [-0.1, -0.05) is 6.08 Å². The second-order valence-electron chi connectivity index (χ2n) is 3.53. The lowest BCUT2D eigenvalue weighted by molar-refractivity contribution is 0.684. The van der Waals surface area contributed by atoms with Crippen molar-refractivity contribution >= 4 is 57.2 Å². The van der Waals surface area contributed by atoms with E-state index in [0.29, 0.717) is 6.54 Å². The molecule has 0 aromatic carbocycles. The van der Waals surface area contributed by atoms with Gasteiger partial charge in [0.25, 0.3) is 5.56 Å². The average Bonchev–Trinajstić information content (AvgIpc) is 2.76. The minimum absolute atomic E-state index is 0.0409. The molecule has 0 unspecified atom stereocenters. The van der Waals surface area contributed by atoms with E-state index in [1.54, 1.807) is 4.57 Å².